The molecular weight excluding hydrogens is 314 g/mol. The van der Waals surface area contributed by atoms with Crippen molar-refractivity contribution in [3.8, 4) is 0 Å². The summed E-state index contributed by atoms with van der Waals surface area (Å²) in [5.41, 5.74) is 0.866. The molecule has 0 radical (unpaired) electrons. The third-order valence-electron chi connectivity index (χ3n) is 4.08. The molecule has 1 saturated carbocycles. The van der Waals surface area contributed by atoms with E-state index in [1.54, 1.807) is 24.1 Å². The second-order valence-corrected chi connectivity index (χ2v) is 7.67. The molecule has 4 heteroatoms. The first-order valence-electron chi connectivity index (χ1n) is 7.94. The van der Waals surface area contributed by atoms with Crippen molar-refractivity contribution in [2.24, 2.45) is 5.92 Å². The lowest BCUT2D eigenvalue weighted by Crippen LogP contribution is -2.23. The number of nitrogens with zero attached hydrogens (tertiary/aromatic N) is 1. The topological polar surface area (TPSA) is 20.3 Å². The van der Waals surface area contributed by atoms with Crippen LogP contribution in [0.25, 0.3) is 0 Å². The summed E-state index contributed by atoms with van der Waals surface area (Å²) >= 11 is 7.24. The number of amides is 1. The monoisotopic (exact) mass is 337 g/mol. The molecule has 2 rings (SSSR count). The van der Waals surface area contributed by atoms with Gasteiger partial charge in [-0.2, -0.15) is 0 Å². The predicted octanol–water partition coefficient (Wildman–Crippen LogP) is 6.15. The Morgan fingerprint density at radius 3 is 2.55 bits per heavy atom. The number of rotatable bonds is 4. The highest BCUT2D eigenvalue weighted by molar-refractivity contribution is 8.14. The van der Waals surface area contributed by atoms with E-state index in [1.165, 1.54) is 43.9 Å². The van der Waals surface area contributed by atoms with Crippen LogP contribution in [0, 0.1) is 5.92 Å². The summed E-state index contributed by atoms with van der Waals surface area (Å²) in [5.74, 6) is 0.709. The van der Waals surface area contributed by atoms with Crippen molar-refractivity contribution < 1.29 is 4.79 Å². The lowest BCUT2D eigenvalue weighted by atomic mass is 9.89. The van der Waals surface area contributed by atoms with Crippen LogP contribution in [0.5, 0.6) is 0 Å². The van der Waals surface area contributed by atoms with Crippen molar-refractivity contribution in [1.29, 1.82) is 0 Å². The van der Waals surface area contributed by atoms with Crippen LogP contribution in [0.2, 0.25) is 5.02 Å². The molecule has 1 aliphatic rings. The molecule has 1 aromatic rings. The van der Waals surface area contributed by atoms with Gasteiger partial charge in [-0.05, 0) is 49.9 Å². The number of hydrogen-bond acceptors (Lipinski definition) is 2. The fourth-order valence-electron chi connectivity index (χ4n) is 2.69. The number of anilines is 1. The zero-order valence-corrected chi connectivity index (χ0v) is 14.9. The van der Waals surface area contributed by atoms with E-state index >= 15 is 0 Å². The molecule has 0 heterocycles. The summed E-state index contributed by atoms with van der Waals surface area (Å²) in [6, 6.07) is 7.34. The number of carbonyl (C=O) groups is 1. The van der Waals surface area contributed by atoms with E-state index < -0.39 is 0 Å². The van der Waals surface area contributed by atoms with Crippen LogP contribution in [-0.2, 0) is 0 Å². The summed E-state index contributed by atoms with van der Waals surface area (Å²) in [4.78, 5) is 14.0. The standard InChI is InChI=1S/C18H24ClNOS/c1-14(8-9-15-6-4-3-5-7-15)22-18(21)20(2)17-12-10-16(19)11-13-17/h8-15H,3-7H2,1-2H3/b9-8+. The molecule has 0 spiro atoms. The van der Waals surface area contributed by atoms with Crippen LogP contribution in [0.3, 0.4) is 0 Å². The van der Waals surface area contributed by atoms with Gasteiger partial charge in [0.05, 0.1) is 0 Å². The molecule has 0 saturated heterocycles. The Morgan fingerprint density at radius 1 is 1.27 bits per heavy atom. The fraction of sp³-hybridized carbons (Fsp3) is 0.500. The summed E-state index contributed by atoms with van der Waals surface area (Å²) in [7, 11) is 1.80. The molecule has 2 nitrogen and oxygen atoms in total. The highest BCUT2D eigenvalue weighted by Crippen LogP contribution is 2.27. The van der Waals surface area contributed by atoms with Gasteiger partial charge in [0.2, 0.25) is 0 Å². The van der Waals surface area contributed by atoms with Gasteiger partial charge in [-0.1, -0.05) is 54.8 Å². The second-order valence-electron chi connectivity index (χ2n) is 5.91. The van der Waals surface area contributed by atoms with Gasteiger partial charge in [-0.15, -0.1) is 0 Å². The maximum absolute atomic E-state index is 12.3. The molecule has 120 valence electrons. The fourth-order valence-corrected chi connectivity index (χ4v) is 3.56. The van der Waals surface area contributed by atoms with Gasteiger partial charge in [0.15, 0.2) is 0 Å². The number of allylic oxidation sites excluding steroid dienone is 1. The van der Waals surface area contributed by atoms with E-state index in [0.717, 1.165) is 5.69 Å². The molecule has 1 amide bonds. The maximum atomic E-state index is 12.3. The molecule has 0 N–H and O–H groups in total. The van der Waals surface area contributed by atoms with Crippen molar-refractivity contribution in [2.45, 2.75) is 44.3 Å². The molecule has 0 aliphatic heterocycles. The lowest BCUT2D eigenvalue weighted by molar-refractivity contribution is 0.266. The molecular formula is C18H24ClNOS. The molecule has 1 aromatic carbocycles. The van der Waals surface area contributed by atoms with Gasteiger partial charge in [-0.25, -0.2) is 0 Å². The molecule has 22 heavy (non-hydrogen) atoms. The second kappa shape index (κ2) is 8.64. The van der Waals surface area contributed by atoms with Crippen molar-refractivity contribution >= 4 is 34.3 Å². The normalized spacial score (nSPS) is 17.6. The van der Waals surface area contributed by atoms with Gasteiger partial charge in [0, 0.05) is 23.0 Å². The first-order chi connectivity index (χ1) is 10.6. The Kier molecular flexibility index (Phi) is 6.84. The van der Waals surface area contributed by atoms with Crippen LogP contribution in [0.1, 0.15) is 39.0 Å². The lowest BCUT2D eigenvalue weighted by Gasteiger charge is -2.20. The zero-order chi connectivity index (χ0) is 15.9. The number of benzene rings is 1. The minimum Gasteiger partial charge on any atom is -0.306 e. The average molecular weight is 338 g/mol. The molecule has 1 fully saturated rings. The van der Waals surface area contributed by atoms with Crippen LogP contribution < -0.4 is 4.90 Å². The number of halogens is 1. The molecule has 0 aromatic heterocycles. The predicted molar refractivity (Wildman–Crippen MR) is 98.0 cm³/mol. The van der Waals surface area contributed by atoms with E-state index in [0.29, 0.717) is 10.9 Å². The SMILES string of the molecule is CC(/C=C/C1CCCCC1)SC(=O)N(C)c1ccc(Cl)cc1. The summed E-state index contributed by atoms with van der Waals surface area (Å²) in [5, 5.41) is 0.938. The molecule has 1 aliphatic carbocycles. The molecule has 0 bridgehead atoms. The Morgan fingerprint density at radius 2 is 1.91 bits per heavy atom. The first kappa shape index (κ1) is 17.4. The van der Waals surface area contributed by atoms with E-state index in [2.05, 4.69) is 19.1 Å². The molecule has 1 unspecified atom stereocenters. The van der Waals surface area contributed by atoms with E-state index in [-0.39, 0.29) is 10.5 Å². The highest BCUT2D eigenvalue weighted by Gasteiger charge is 2.15. The minimum atomic E-state index is 0.0584. The van der Waals surface area contributed by atoms with Crippen molar-refractivity contribution in [3.05, 3.63) is 41.4 Å². The third kappa shape index (κ3) is 5.36. The number of thioether (sulfide) groups is 1. The average Bonchev–Trinajstić information content (AvgIpc) is 2.54. The van der Waals surface area contributed by atoms with Crippen molar-refractivity contribution in [2.75, 3.05) is 11.9 Å². The Balaban J connectivity index is 1.84. The summed E-state index contributed by atoms with van der Waals surface area (Å²) in [6.45, 7) is 2.08. The first-order valence-corrected chi connectivity index (χ1v) is 9.20. The van der Waals surface area contributed by atoms with Gasteiger partial charge in [0.1, 0.15) is 0 Å². The quantitative estimate of drug-likeness (QED) is 0.614. The number of hydrogen-bond donors (Lipinski definition) is 0. The highest BCUT2D eigenvalue weighted by atomic mass is 35.5. The minimum absolute atomic E-state index is 0.0584. The van der Waals surface area contributed by atoms with E-state index in [1.807, 2.05) is 12.1 Å². The van der Waals surface area contributed by atoms with Crippen LogP contribution >= 0.6 is 23.4 Å². The largest absolute Gasteiger partial charge is 0.306 e. The number of carbonyl (C=O) groups excluding carboxylic acids is 1. The Labute approximate surface area is 142 Å². The smallest absolute Gasteiger partial charge is 0.286 e. The van der Waals surface area contributed by atoms with Gasteiger partial charge >= 0.3 is 0 Å². The van der Waals surface area contributed by atoms with Crippen LogP contribution in [0.4, 0.5) is 10.5 Å². The Bertz CT molecular complexity index is 508. The van der Waals surface area contributed by atoms with Crippen LogP contribution in [0.15, 0.2) is 36.4 Å². The van der Waals surface area contributed by atoms with Gasteiger partial charge in [-0.3, -0.25) is 4.79 Å². The Hall–Kier alpha value is -0.930. The van der Waals surface area contributed by atoms with E-state index in [4.69, 9.17) is 11.6 Å². The van der Waals surface area contributed by atoms with Crippen molar-refractivity contribution in [1.82, 2.24) is 0 Å². The van der Waals surface area contributed by atoms with Crippen molar-refractivity contribution in [3.63, 3.8) is 0 Å². The summed E-state index contributed by atoms with van der Waals surface area (Å²) in [6.07, 6.45) is 11.2. The zero-order valence-electron chi connectivity index (χ0n) is 13.3. The molecule has 1 atom stereocenters. The van der Waals surface area contributed by atoms with Crippen LogP contribution in [-0.4, -0.2) is 17.5 Å². The third-order valence-corrected chi connectivity index (χ3v) is 5.34. The van der Waals surface area contributed by atoms with Gasteiger partial charge in [0.25, 0.3) is 5.24 Å². The maximum Gasteiger partial charge on any atom is 0.286 e. The van der Waals surface area contributed by atoms with E-state index in [9.17, 15) is 4.79 Å². The summed E-state index contributed by atoms with van der Waals surface area (Å²) < 4.78 is 0. The van der Waals surface area contributed by atoms with Gasteiger partial charge < -0.3 is 4.90 Å².